The third kappa shape index (κ3) is 1.95. The molecule has 0 aromatic rings. The second kappa shape index (κ2) is 4.26. The van der Waals surface area contributed by atoms with Crippen molar-refractivity contribution in [2.45, 2.75) is 51.4 Å². The maximum atomic E-state index is 10.9. The minimum atomic E-state index is 0.414. The molecule has 0 radical (unpaired) electrons. The number of rotatable bonds is 2. The van der Waals surface area contributed by atoms with Crippen LogP contribution in [0, 0.1) is 17.8 Å². The Balaban J connectivity index is 1.96. The smallest absolute Gasteiger partial charge is 0.123 e. The molecule has 0 amide bonds. The lowest BCUT2D eigenvalue weighted by atomic mass is 9.72. The van der Waals surface area contributed by atoms with Crippen LogP contribution in [-0.2, 0) is 4.79 Å². The Bertz CT molecular complexity index is 170. The van der Waals surface area contributed by atoms with E-state index in [0.717, 1.165) is 11.8 Å². The summed E-state index contributed by atoms with van der Waals surface area (Å²) in [6, 6.07) is 0. The Morgan fingerprint density at radius 2 is 1.46 bits per heavy atom. The van der Waals surface area contributed by atoms with Gasteiger partial charge < -0.3 is 4.79 Å². The highest BCUT2D eigenvalue weighted by Crippen LogP contribution is 2.41. The third-order valence-electron chi connectivity index (χ3n) is 4.05. The first-order chi connectivity index (χ1) is 6.42. The SMILES string of the molecule is O=CC1CCCCC1C1CCCC1. The van der Waals surface area contributed by atoms with E-state index in [1.54, 1.807) is 0 Å². The van der Waals surface area contributed by atoms with Gasteiger partial charge >= 0.3 is 0 Å². The molecule has 2 rings (SSSR count). The van der Waals surface area contributed by atoms with Gasteiger partial charge in [0, 0.05) is 5.92 Å². The van der Waals surface area contributed by atoms with E-state index in [2.05, 4.69) is 0 Å². The average molecular weight is 180 g/mol. The van der Waals surface area contributed by atoms with Gasteiger partial charge in [-0.1, -0.05) is 38.5 Å². The van der Waals surface area contributed by atoms with Crippen molar-refractivity contribution < 1.29 is 4.79 Å². The summed E-state index contributed by atoms with van der Waals surface area (Å²) in [6.45, 7) is 0. The van der Waals surface area contributed by atoms with Crippen molar-refractivity contribution in [3.8, 4) is 0 Å². The largest absolute Gasteiger partial charge is 0.303 e. The second-order valence-corrected chi connectivity index (χ2v) is 4.79. The van der Waals surface area contributed by atoms with Crippen LogP contribution in [0.5, 0.6) is 0 Å². The van der Waals surface area contributed by atoms with Crippen LogP contribution in [0.25, 0.3) is 0 Å². The lowest BCUT2D eigenvalue weighted by Gasteiger charge is -2.32. The average Bonchev–Trinajstić information content (AvgIpc) is 2.70. The summed E-state index contributed by atoms with van der Waals surface area (Å²) < 4.78 is 0. The topological polar surface area (TPSA) is 17.1 Å². The molecule has 0 bridgehead atoms. The minimum Gasteiger partial charge on any atom is -0.303 e. The Labute approximate surface area is 80.9 Å². The summed E-state index contributed by atoms with van der Waals surface area (Å²) in [4.78, 5) is 10.9. The van der Waals surface area contributed by atoms with E-state index in [4.69, 9.17) is 0 Å². The van der Waals surface area contributed by atoms with Crippen LogP contribution in [0.4, 0.5) is 0 Å². The van der Waals surface area contributed by atoms with Gasteiger partial charge in [-0.15, -0.1) is 0 Å². The molecule has 1 heteroatoms. The zero-order valence-corrected chi connectivity index (χ0v) is 8.37. The quantitative estimate of drug-likeness (QED) is 0.596. The lowest BCUT2D eigenvalue weighted by molar-refractivity contribution is -0.114. The highest BCUT2D eigenvalue weighted by molar-refractivity contribution is 5.54. The van der Waals surface area contributed by atoms with E-state index in [1.165, 1.54) is 57.7 Å². The molecule has 2 aliphatic carbocycles. The van der Waals surface area contributed by atoms with E-state index < -0.39 is 0 Å². The van der Waals surface area contributed by atoms with Crippen molar-refractivity contribution in [3.63, 3.8) is 0 Å². The molecule has 0 aromatic carbocycles. The van der Waals surface area contributed by atoms with E-state index in [0.29, 0.717) is 5.92 Å². The van der Waals surface area contributed by atoms with E-state index in [-0.39, 0.29) is 0 Å². The van der Waals surface area contributed by atoms with Gasteiger partial charge in [-0.05, 0) is 24.7 Å². The van der Waals surface area contributed by atoms with Crippen molar-refractivity contribution in [1.82, 2.24) is 0 Å². The van der Waals surface area contributed by atoms with Crippen LogP contribution in [0.15, 0.2) is 0 Å². The lowest BCUT2D eigenvalue weighted by Crippen LogP contribution is -2.26. The molecule has 2 atom stereocenters. The molecule has 0 spiro atoms. The van der Waals surface area contributed by atoms with Gasteiger partial charge in [0.25, 0.3) is 0 Å². The second-order valence-electron chi connectivity index (χ2n) is 4.79. The molecular formula is C12H20O. The van der Waals surface area contributed by atoms with Crippen molar-refractivity contribution in [3.05, 3.63) is 0 Å². The summed E-state index contributed by atoms with van der Waals surface area (Å²) in [5.74, 6) is 2.07. The van der Waals surface area contributed by atoms with Crippen LogP contribution >= 0.6 is 0 Å². The molecule has 0 aliphatic heterocycles. The summed E-state index contributed by atoms with van der Waals surface area (Å²) in [6.07, 6.45) is 12.0. The fraction of sp³-hybridized carbons (Fsp3) is 0.917. The van der Waals surface area contributed by atoms with Gasteiger partial charge in [0.15, 0.2) is 0 Å². The highest BCUT2D eigenvalue weighted by Gasteiger charge is 2.32. The summed E-state index contributed by atoms with van der Waals surface area (Å²) in [5.41, 5.74) is 0. The molecule has 2 aliphatic rings. The van der Waals surface area contributed by atoms with Crippen LogP contribution in [0.1, 0.15) is 51.4 Å². The van der Waals surface area contributed by atoms with Crippen molar-refractivity contribution in [1.29, 1.82) is 0 Å². The van der Waals surface area contributed by atoms with E-state index in [1.807, 2.05) is 0 Å². The van der Waals surface area contributed by atoms with Crippen molar-refractivity contribution in [2.75, 3.05) is 0 Å². The van der Waals surface area contributed by atoms with Crippen LogP contribution in [-0.4, -0.2) is 6.29 Å². The van der Waals surface area contributed by atoms with Crippen LogP contribution in [0.3, 0.4) is 0 Å². The van der Waals surface area contributed by atoms with Crippen molar-refractivity contribution >= 4 is 6.29 Å². The van der Waals surface area contributed by atoms with Gasteiger partial charge in [-0.2, -0.15) is 0 Å². The maximum absolute atomic E-state index is 10.9. The fourth-order valence-corrected chi connectivity index (χ4v) is 3.33. The number of carbonyl (C=O) groups is 1. The molecule has 2 fully saturated rings. The summed E-state index contributed by atoms with van der Waals surface area (Å²) >= 11 is 0. The minimum absolute atomic E-state index is 0.414. The first-order valence-electron chi connectivity index (χ1n) is 5.87. The molecule has 0 N–H and O–H groups in total. The monoisotopic (exact) mass is 180 g/mol. The number of hydrogen-bond donors (Lipinski definition) is 0. The Morgan fingerprint density at radius 3 is 2.15 bits per heavy atom. The first kappa shape index (κ1) is 9.23. The van der Waals surface area contributed by atoms with Gasteiger partial charge in [0.2, 0.25) is 0 Å². The summed E-state index contributed by atoms with van der Waals surface area (Å²) in [5, 5.41) is 0. The third-order valence-corrected chi connectivity index (χ3v) is 4.05. The van der Waals surface area contributed by atoms with Gasteiger partial charge in [-0.25, -0.2) is 0 Å². The van der Waals surface area contributed by atoms with E-state index >= 15 is 0 Å². The number of carbonyl (C=O) groups excluding carboxylic acids is 1. The Hall–Kier alpha value is -0.330. The molecule has 74 valence electrons. The fourth-order valence-electron chi connectivity index (χ4n) is 3.33. The Morgan fingerprint density at radius 1 is 0.846 bits per heavy atom. The van der Waals surface area contributed by atoms with Crippen LogP contribution in [0.2, 0.25) is 0 Å². The summed E-state index contributed by atoms with van der Waals surface area (Å²) in [7, 11) is 0. The number of hydrogen-bond acceptors (Lipinski definition) is 1. The predicted octanol–water partition coefficient (Wildman–Crippen LogP) is 3.18. The van der Waals surface area contributed by atoms with Crippen molar-refractivity contribution in [2.24, 2.45) is 17.8 Å². The van der Waals surface area contributed by atoms with Gasteiger partial charge in [-0.3, -0.25) is 0 Å². The standard InChI is InChI=1S/C12H20O/c13-9-11-7-3-4-8-12(11)10-5-1-2-6-10/h9-12H,1-8H2. The van der Waals surface area contributed by atoms with E-state index in [9.17, 15) is 4.79 Å². The molecular weight excluding hydrogens is 160 g/mol. The molecule has 1 nitrogen and oxygen atoms in total. The van der Waals surface area contributed by atoms with Crippen LogP contribution < -0.4 is 0 Å². The highest BCUT2D eigenvalue weighted by atomic mass is 16.1. The molecule has 0 saturated heterocycles. The molecule has 0 heterocycles. The Kier molecular flexibility index (Phi) is 3.02. The zero-order valence-electron chi connectivity index (χ0n) is 8.37. The zero-order chi connectivity index (χ0) is 9.10. The predicted molar refractivity (Wildman–Crippen MR) is 53.5 cm³/mol. The van der Waals surface area contributed by atoms with Gasteiger partial charge in [0.05, 0.1) is 0 Å². The molecule has 2 unspecified atom stereocenters. The first-order valence-corrected chi connectivity index (χ1v) is 5.87. The number of aldehydes is 1. The molecule has 13 heavy (non-hydrogen) atoms. The molecule has 0 aromatic heterocycles. The molecule has 2 saturated carbocycles. The normalized spacial score (nSPS) is 36.3. The maximum Gasteiger partial charge on any atom is 0.123 e. The van der Waals surface area contributed by atoms with Gasteiger partial charge in [0.1, 0.15) is 6.29 Å².